The first-order valence-corrected chi connectivity index (χ1v) is 7.14. The first-order chi connectivity index (χ1) is 9.22. The van der Waals surface area contributed by atoms with Gasteiger partial charge < -0.3 is 5.73 Å². The summed E-state index contributed by atoms with van der Waals surface area (Å²) >= 11 is 0. The minimum atomic E-state index is -0.165. The third-order valence-corrected chi connectivity index (χ3v) is 3.99. The Labute approximate surface area is 115 Å². The molecule has 1 unspecified atom stereocenters. The van der Waals surface area contributed by atoms with Crippen LogP contribution in [0.15, 0.2) is 24.3 Å². The maximum Gasteiger partial charge on any atom is 0.123 e. The van der Waals surface area contributed by atoms with Crippen LogP contribution in [0.3, 0.4) is 0 Å². The Morgan fingerprint density at radius 3 is 2.32 bits per heavy atom. The van der Waals surface area contributed by atoms with Crippen molar-refractivity contribution in [2.24, 2.45) is 5.73 Å². The summed E-state index contributed by atoms with van der Waals surface area (Å²) in [5.41, 5.74) is 6.98. The third kappa shape index (κ3) is 4.00. The Morgan fingerprint density at radius 1 is 1.16 bits per heavy atom. The van der Waals surface area contributed by atoms with Gasteiger partial charge in [0.2, 0.25) is 0 Å². The molecule has 0 aliphatic carbocycles. The lowest BCUT2D eigenvalue weighted by Crippen LogP contribution is -2.51. The average Bonchev–Trinajstić information content (AvgIpc) is 2.44. The molecule has 1 atom stereocenters. The molecule has 0 radical (unpaired) electrons. The highest BCUT2D eigenvalue weighted by Crippen LogP contribution is 2.12. The number of nitrogens with zero attached hydrogens (tertiary/aromatic N) is 2. The van der Waals surface area contributed by atoms with Crippen molar-refractivity contribution in [2.75, 3.05) is 32.7 Å². The van der Waals surface area contributed by atoms with Crippen LogP contribution < -0.4 is 5.73 Å². The molecule has 1 heterocycles. The zero-order chi connectivity index (χ0) is 13.7. The normalized spacial score (nSPS) is 19.5. The van der Waals surface area contributed by atoms with Gasteiger partial charge >= 0.3 is 0 Å². The van der Waals surface area contributed by atoms with Gasteiger partial charge in [0.05, 0.1) is 0 Å². The average molecular weight is 265 g/mol. The third-order valence-electron chi connectivity index (χ3n) is 3.99. The van der Waals surface area contributed by atoms with Gasteiger partial charge in [0.1, 0.15) is 5.82 Å². The zero-order valence-electron chi connectivity index (χ0n) is 11.7. The van der Waals surface area contributed by atoms with Gasteiger partial charge in [-0.05, 0) is 24.1 Å². The van der Waals surface area contributed by atoms with E-state index in [-0.39, 0.29) is 5.82 Å². The second kappa shape index (κ2) is 6.98. The van der Waals surface area contributed by atoms with Gasteiger partial charge in [0.25, 0.3) is 0 Å². The van der Waals surface area contributed by atoms with E-state index in [2.05, 4.69) is 16.7 Å². The SMILES string of the molecule is CCC(CN)N1CCN(Cc2ccc(F)cc2)CC1. The predicted octanol–water partition coefficient (Wildman–Crippen LogP) is 1.68. The van der Waals surface area contributed by atoms with Crippen molar-refractivity contribution in [3.05, 3.63) is 35.6 Å². The summed E-state index contributed by atoms with van der Waals surface area (Å²) in [5, 5.41) is 0. The fraction of sp³-hybridized carbons (Fsp3) is 0.600. The van der Waals surface area contributed by atoms with Gasteiger partial charge in [-0.1, -0.05) is 19.1 Å². The van der Waals surface area contributed by atoms with Crippen molar-refractivity contribution in [2.45, 2.75) is 25.9 Å². The summed E-state index contributed by atoms with van der Waals surface area (Å²) < 4.78 is 12.9. The van der Waals surface area contributed by atoms with Crippen LogP contribution in [0.1, 0.15) is 18.9 Å². The standard InChI is InChI=1S/C15H24FN3/c1-2-15(11-17)19-9-7-18(8-10-19)12-13-3-5-14(16)6-4-13/h3-6,15H,2,7-12,17H2,1H3. The van der Waals surface area contributed by atoms with E-state index in [1.807, 2.05) is 12.1 Å². The fourth-order valence-corrected chi connectivity index (χ4v) is 2.71. The first-order valence-electron chi connectivity index (χ1n) is 7.14. The van der Waals surface area contributed by atoms with Gasteiger partial charge in [-0.2, -0.15) is 0 Å². The molecule has 19 heavy (non-hydrogen) atoms. The molecule has 0 bridgehead atoms. The largest absolute Gasteiger partial charge is 0.329 e. The highest BCUT2D eigenvalue weighted by Gasteiger charge is 2.21. The lowest BCUT2D eigenvalue weighted by molar-refractivity contribution is 0.0926. The van der Waals surface area contributed by atoms with Gasteiger partial charge in [-0.25, -0.2) is 4.39 Å². The van der Waals surface area contributed by atoms with Crippen LogP contribution in [0.2, 0.25) is 0 Å². The number of rotatable bonds is 5. The molecule has 1 aliphatic rings. The van der Waals surface area contributed by atoms with Gasteiger partial charge in [0, 0.05) is 45.3 Å². The molecule has 0 aromatic heterocycles. The highest BCUT2D eigenvalue weighted by molar-refractivity contribution is 5.15. The molecule has 2 N–H and O–H groups in total. The van der Waals surface area contributed by atoms with Crippen LogP contribution in [0.4, 0.5) is 4.39 Å². The molecule has 1 fully saturated rings. The number of benzene rings is 1. The lowest BCUT2D eigenvalue weighted by Gasteiger charge is -2.38. The van der Waals surface area contributed by atoms with Gasteiger partial charge in [-0.15, -0.1) is 0 Å². The molecular formula is C15H24FN3. The van der Waals surface area contributed by atoms with Crippen molar-refractivity contribution >= 4 is 0 Å². The molecule has 1 aliphatic heterocycles. The topological polar surface area (TPSA) is 32.5 Å². The number of piperazine rings is 1. The van der Waals surface area contributed by atoms with Crippen molar-refractivity contribution in [3.8, 4) is 0 Å². The fourth-order valence-electron chi connectivity index (χ4n) is 2.71. The van der Waals surface area contributed by atoms with E-state index in [9.17, 15) is 4.39 Å². The maximum absolute atomic E-state index is 12.9. The Morgan fingerprint density at radius 2 is 1.79 bits per heavy atom. The number of nitrogens with two attached hydrogens (primary N) is 1. The quantitative estimate of drug-likeness (QED) is 0.879. The Balaban J connectivity index is 1.81. The number of halogens is 1. The first kappa shape index (κ1) is 14.4. The van der Waals surface area contributed by atoms with Gasteiger partial charge in [0.15, 0.2) is 0 Å². The van der Waals surface area contributed by atoms with Crippen molar-refractivity contribution in [1.82, 2.24) is 9.80 Å². The molecule has 0 saturated carbocycles. The molecule has 1 aromatic rings. The maximum atomic E-state index is 12.9. The van der Waals surface area contributed by atoms with E-state index in [0.29, 0.717) is 6.04 Å². The van der Waals surface area contributed by atoms with Crippen LogP contribution in [0, 0.1) is 5.82 Å². The van der Waals surface area contributed by atoms with Crippen molar-refractivity contribution in [1.29, 1.82) is 0 Å². The Hall–Kier alpha value is -0.970. The number of hydrogen-bond donors (Lipinski definition) is 1. The van der Waals surface area contributed by atoms with E-state index in [0.717, 1.165) is 45.7 Å². The van der Waals surface area contributed by atoms with E-state index in [4.69, 9.17) is 5.73 Å². The second-order valence-electron chi connectivity index (χ2n) is 5.24. The van der Waals surface area contributed by atoms with Crippen molar-refractivity contribution in [3.63, 3.8) is 0 Å². The minimum Gasteiger partial charge on any atom is -0.329 e. The minimum absolute atomic E-state index is 0.165. The summed E-state index contributed by atoms with van der Waals surface area (Å²) in [5.74, 6) is -0.165. The van der Waals surface area contributed by atoms with Crippen molar-refractivity contribution < 1.29 is 4.39 Å². The van der Waals surface area contributed by atoms with Crippen LogP contribution in [-0.2, 0) is 6.54 Å². The van der Waals surface area contributed by atoms with Crippen LogP contribution >= 0.6 is 0 Å². The van der Waals surface area contributed by atoms with E-state index < -0.39 is 0 Å². The van der Waals surface area contributed by atoms with Crippen LogP contribution in [-0.4, -0.2) is 48.6 Å². The summed E-state index contributed by atoms with van der Waals surface area (Å²) in [6, 6.07) is 7.33. The molecule has 1 saturated heterocycles. The van der Waals surface area contributed by atoms with E-state index >= 15 is 0 Å². The Bertz CT molecular complexity index is 367. The highest BCUT2D eigenvalue weighted by atomic mass is 19.1. The molecule has 0 amide bonds. The predicted molar refractivity (Wildman–Crippen MR) is 76.4 cm³/mol. The molecule has 106 valence electrons. The summed E-state index contributed by atoms with van der Waals surface area (Å²) in [7, 11) is 0. The summed E-state index contributed by atoms with van der Waals surface area (Å²) in [4.78, 5) is 4.91. The van der Waals surface area contributed by atoms with Gasteiger partial charge in [-0.3, -0.25) is 9.80 Å². The van der Waals surface area contributed by atoms with Crippen LogP contribution in [0.5, 0.6) is 0 Å². The van der Waals surface area contributed by atoms with E-state index in [1.54, 1.807) is 0 Å². The molecule has 4 heteroatoms. The molecule has 0 spiro atoms. The van der Waals surface area contributed by atoms with Crippen LogP contribution in [0.25, 0.3) is 0 Å². The summed E-state index contributed by atoms with van der Waals surface area (Å²) in [6.45, 7) is 8.14. The molecule has 3 nitrogen and oxygen atoms in total. The second-order valence-corrected chi connectivity index (χ2v) is 5.24. The number of hydrogen-bond acceptors (Lipinski definition) is 3. The smallest absolute Gasteiger partial charge is 0.123 e. The molecule has 2 rings (SSSR count). The monoisotopic (exact) mass is 265 g/mol. The summed E-state index contributed by atoms with van der Waals surface area (Å²) in [6.07, 6.45) is 1.12. The zero-order valence-corrected chi connectivity index (χ0v) is 11.7. The lowest BCUT2D eigenvalue weighted by atomic mass is 10.1. The molecular weight excluding hydrogens is 241 g/mol. The Kier molecular flexibility index (Phi) is 5.31. The molecule has 1 aromatic carbocycles. The van der Waals surface area contributed by atoms with E-state index in [1.165, 1.54) is 17.7 Å².